The molecule has 23 heavy (non-hydrogen) atoms. The Morgan fingerprint density at radius 2 is 2.22 bits per heavy atom. The molecule has 2 atom stereocenters. The maximum Gasteiger partial charge on any atom is 0.241 e. The minimum atomic E-state index is -0.433. The SMILES string of the molecule is O=C(Nc1ccc2nc(N3CCCC3)sc2c1)C1CC(O)CN1. The third-order valence-electron chi connectivity index (χ3n) is 4.45. The Hall–Kier alpha value is -1.70. The number of fused-ring (bicyclic) bond motifs is 1. The van der Waals surface area contributed by atoms with Gasteiger partial charge in [-0.1, -0.05) is 11.3 Å². The molecule has 2 aromatic rings. The van der Waals surface area contributed by atoms with Gasteiger partial charge in [-0.25, -0.2) is 4.98 Å². The second-order valence-corrected chi connectivity index (χ2v) is 7.22. The molecular weight excluding hydrogens is 312 g/mol. The highest BCUT2D eigenvalue weighted by molar-refractivity contribution is 7.22. The Morgan fingerprint density at radius 3 is 2.96 bits per heavy atom. The van der Waals surface area contributed by atoms with Crippen molar-refractivity contribution in [2.45, 2.75) is 31.4 Å². The van der Waals surface area contributed by atoms with Gasteiger partial charge in [-0.15, -0.1) is 0 Å². The van der Waals surface area contributed by atoms with Crippen LogP contribution in [0.15, 0.2) is 18.2 Å². The summed E-state index contributed by atoms with van der Waals surface area (Å²) < 4.78 is 1.09. The fraction of sp³-hybridized carbons (Fsp3) is 0.500. The van der Waals surface area contributed by atoms with E-state index < -0.39 is 6.10 Å². The maximum atomic E-state index is 12.2. The highest BCUT2D eigenvalue weighted by atomic mass is 32.1. The molecule has 0 saturated carbocycles. The first-order valence-electron chi connectivity index (χ1n) is 8.07. The third-order valence-corrected chi connectivity index (χ3v) is 5.52. The van der Waals surface area contributed by atoms with Crippen molar-refractivity contribution in [2.75, 3.05) is 29.9 Å². The van der Waals surface area contributed by atoms with Crippen LogP contribution in [0.3, 0.4) is 0 Å². The molecule has 2 aliphatic rings. The van der Waals surface area contributed by atoms with Gasteiger partial charge in [-0.3, -0.25) is 4.79 Å². The Labute approximate surface area is 138 Å². The zero-order chi connectivity index (χ0) is 15.8. The fourth-order valence-electron chi connectivity index (χ4n) is 3.18. The van der Waals surface area contributed by atoms with E-state index in [0.717, 1.165) is 34.1 Å². The summed E-state index contributed by atoms with van der Waals surface area (Å²) in [6.07, 6.45) is 2.50. The monoisotopic (exact) mass is 332 g/mol. The van der Waals surface area contributed by atoms with Gasteiger partial charge in [0.1, 0.15) is 0 Å². The number of amides is 1. The van der Waals surface area contributed by atoms with Crippen LogP contribution in [-0.4, -0.2) is 47.8 Å². The summed E-state index contributed by atoms with van der Waals surface area (Å²) in [5, 5.41) is 16.5. The molecule has 0 radical (unpaired) electrons. The predicted molar refractivity (Wildman–Crippen MR) is 92.1 cm³/mol. The second kappa shape index (κ2) is 6.07. The number of anilines is 2. The Bertz CT molecular complexity index is 726. The Morgan fingerprint density at radius 1 is 1.39 bits per heavy atom. The number of benzene rings is 1. The Balaban J connectivity index is 1.50. The van der Waals surface area contributed by atoms with Crippen LogP contribution in [-0.2, 0) is 4.79 Å². The van der Waals surface area contributed by atoms with E-state index in [1.807, 2.05) is 18.2 Å². The number of hydrogen-bond donors (Lipinski definition) is 3. The highest BCUT2D eigenvalue weighted by Gasteiger charge is 2.28. The molecule has 3 heterocycles. The van der Waals surface area contributed by atoms with E-state index >= 15 is 0 Å². The van der Waals surface area contributed by atoms with Crippen LogP contribution in [0.25, 0.3) is 10.2 Å². The predicted octanol–water partition coefficient (Wildman–Crippen LogP) is 1.56. The van der Waals surface area contributed by atoms with E-state index in [0.29, 0.717) is 13.0 Å². The minimum Gasteiger partial charge on any atom is -0.392 e. The smallest absolute Gasteiger partial charge is 0.241 e. The van der Waals surface area contributed by atoms with Crippen molar-refractivity contribution in [3.63, 3.8) is 0 Å². The average Bonchev–Trinajstić information content (AvgIpc) is 3.26. The largest absolute Gasteiger partial charge is 0.392 e. The molecule has 0 bridgehead atoms. The summed E-state index contributed by atoms with van der Waals surface area (Å²) in [5.74, 6) is -0.0924. The molecule has 122 valence electrons. The lowest BCUT2D eigenvalue weighted by molar-refractivity contribution is -0.117. The molecule has 2 fully saturated rings. The lowest BCUT2D eigenvalue weighted by Crippen LogP contribution is -2.35. The summed E-state index contributed by atoms with van der Waals surface area (Å²) in [5.41, 5.74) is 1.76. The van der Waals surface area contributed by atoms with Crippen molar-refractivity contribution in [1.29, 1.82) is 0 Å². The molecule has 6 nitrogen and oxygen atoms in total. The molecular formula is C16H20N4O2S. The van der Waals surface area contributed by atoms with E-state index in [1.165, 1.54) is 12.8 Å². The summed E-state index contributed by atoms with van der Waals surface area (Å²) in [7, 11) is 0. The van der Waals surface area contributed by atoms with Gasteiger partial charge in [0.25, 0.3) is 0 Å². The summed E-state index contributed by atoms with van der Waals surface area (Å²) in [6.45, 7) is 2.64. The van der Waals surface area contributed by atoms with Crippen LogP contribution in [0.1, 0.15) is 19.3 Å². The van der Waals surface area contributed by atoms with Crippen molar-refractivity contribution in [2.24, 2.45) is 0 Å². The number of aliphatic hydroxyl groups excluding tert-OH is 1. The van der Waals surface area contributed by atoms with Gasteiger partial charge in [-0.2, -0.15) is 0 Å². The summed E-state index contributed by atoms with van der Waals surface area (Å²) in [4.78, 5) is 19.2. The first-order chi connectivity index (χ1) is 11.2. The number of aliphatic hydroxyl groups is 1. The molecule has 2 saturated heterocycles. The second-order valence-electron chi connectivity index (χ2n) is 6.21. The lowest BCUT2D eigenvalue weighted by Gasteiger charge is -2.11. The number of β-amino-alcohol motifs (C(OH)–C–C–N with tert-alkyl or cyclic N) is 1. The summed E-state index contributed by atoms with van der Waals surface area (Å²) >= 11 is 1.68. The quantitative estimate of drug-likeness (QED) is 0.795. The van der Waals surface area contributed by atoms with Crippen LogP contribution in [0.2, 0.25) is 0 Å². The van der Waals surface area contributed by atoms with E-state index in [4.69, 9.17) is 0 Å². The number of carbonyl (C=O) groups is 1. The van der Waals surface area contributed by atoms with Crippen LogP contribution in [0.5, 0.6) is 0 Å². The van der Waals surface area contributed by atoms with Gasteiger partial charge < -0.3 is 20.6 Å². The van der Waals surface area contributed by atoms with Crippen LogP contribution >= 0.6 is 11.3 Å². The lowest BCUT2D eigenvalue weighted by atomic mass is 10.2. The number of hydrogen-bond acceptors (Lipinski definition) is 6. The number of rotatable bonds is 3. The number of nitrogens with one attached hydrogen (secondary N) is 2. The van der Waals surface area contributed by atoms with Gasteiger partial charge in [0, 0.05) is 25.3 Å². The minimum absolute atomic E-state index is 0.0924. The first kappa shape index (κ1) is 14.9. The molecule has 1 aromatic heterocycles. The molecule has 4 rings (SSSR count). The van der Waals surface area contributed by atoms with Crippen LogP contribution in [0, 0.1) is 0 Å². The van der Waals surface area contributed by atoms with E-state index in [-0.39, 0.29) is 11.9 Å². The van der Waals surface area contributed by atoms with Gasteiger partial charge >= 0.3 is 0 Å². The van der Waals surface area contributed by atoms with Gasteiger partial charge in [-0.05, 0) is 37.5 Å². The standard InChI is InChI=1S/C16H20N4O2S/c21-11-8-13(17-9-11)15(22)18-10-3-4-12-14(7-10)23-16(19-12)20-5-1-2-6-20/h3-4,7,11,13,17,21H,1-2,5-6,8-9H2,(H,18,22). The number of thiazole rings is 1. The van der Waals surface area contributed by atoms with E-state index in [2.05, 4.69) is 20.5 Å². The van der Waals surface area contributed by atoms with Crippen molar-refractivity contribution in [3.05, 3.63) is 18.2 Å². The zero-order valence-corrected chi connectivity index (χ0v) is 13.6. The molecule has 1 amide bonds. The van der Waals surface area contributed by atoms with Crippen molar-refractivity contribution in [3.8, 4) is 0 Å². The number of nitrogens with zero attached hydrogens (tertiary/aromatic N) is 2. The Kier molecular flexibility index (Phi) is 3.92. The van der Waals surface area contributed by atoms with E-state index in [1.54, 1.807) is 11.3 Å². The van der Waals surface area contributed by atoms with Crippen molar-refractivity contribution in [1.82, 2.24) is 10.3 Å². The van der Waals surface area contributed by atoms with Crippen molar-refractivity contribution < 1.29 is 9.90 Å². The molecule has 2 unspecified atom stereocenters. The maximum absolute atomic E-state index is 12.2. The first-order valence-corrected chi connectivity index (χ1v) is 8.88. The topological polar surface area (TPSA) is 77.5 Å². The van der Waals surface area contributed by atoms with E-state index in [9.17, 15) is 9.90 Å². The molecule has 7 heteroatoms. The normalized spacial score (nSPS) is 24.5. The summed E-state index contributed by atoms with van der Waals surface area (Å²) in [6, 6.07) is 5.51. The third kappa shape index (κ3) is 3.04. The molecule has 3 N–H and O–H groups in total. The fourth-order valence-corrected chi connectivity index (χ4v) is 4.24. The number of carbonyl (C=O) groups excluding carboxylic acids is 1. The van der Waals surface area contributed by atoms with Gasteiger partial charge in [0.15, 0.2) is 5.13 Å². The molecule has 1 aromatic carbocycles. The molecule has 0 spiro atoms. The molecule has 2 aliphatic heterocycles. The highest BCUT2D eigenvalue weighted by Crippen LogP contribution is 2.32. The zero-order valence-electron chi connectivity index (χ0n) is 12.8. The number of aromatic nitrogens is 1. The van der Waals surface area contributed by atoms with Gasteiger partial charge in [0.2, 0.25) is 5.91 Å². The average molecular weight is 332 g/mol. The van der Waals surface area contributed by atoms with Crippen molar-refractivity contribution >= 4 is 38.3 Å². The van der Waals surface area contributed by atoms with Crippen LogP contribution < -0.4 is 15.5 Å². The molecule has 0 aliphatic carbocycles. The van der Waals surface area contributed by atoms with Crippen LogP contribution in [0.4, 0.5) is 10.8 Å². The van der Waals surface area contributed by atoms with Gasteiger partial charge in [0.05, 0.1) is 22.4 Å².